The van der Waals surface area contributed by atoms with Gasteiger partial charge in [-0.15, -0.1) is 0 Å². The zero-order chi connectivity index (χ0) is 15.7. The Labute approximate surface area is 127 Å². The predicted octanol–water partition coefficient (Wildman–Crippen LogP) is 0.918. The van der Waals surface area contributed by atoms with E-state index >= 15 is 0 Å². The number of nitrogens with zero attached hydrogens (tertiary/aromatic N) is 2. The molecule has 0 atom stereocenters. The van der Waals surface area contributed by atoms with Gasteiger partial charge in [0.05, 0.1) is 17.0 Å². The van der Waals surface area contributed by atoms with Crippen molar-refractivity contribution in [3.05, 3.63) is 41.6 Å². The average molecular weight is 318 g/mol. The molecule has 3 rings (SSSR count). The summed E-state index contributed by atoms with van der Waals surface area (Å²) in [7, 11) is -3.01. The van der Waals surface area contributed by atoms with Crippen LogP contribution in [0.2, 0.25) is 0 Å². The lowest BCUT2D eigenvalue weighted by Crippen LogP contribution is -2.43. The Morgan fingerprint density at radius 1 is 1.14 bits per heavy atom. The topological polar surface area (TPSA) is 84.4 Å². The summed E-state index contributed by atoms with van der Waals surface area (Å²) >= 11 is 0. The van der Waals surface area contributed by atoms with Gasteiger partial charge in [-0.2, -0.15) is 0 Å². The van der Waals surface area contributed by atoms with E-state index in [0.29, 0.717) is 23.1 Å². The number of amides is 1. The quantitative estimate of drug-likeness (QED) is 0.769. The van der Waals surface area contributed by atoms with Crippen molar-refractivity contribution in [3.8, 4) is 0 Å². The number of fused-ring (bicyclic) bond motifs is 1. The molecule has 6 nitrogen and oxygen atoms in total. The largest absolute Gasteiger partial charge is 0.337 e. The zero-order valence-corrected chi connectivity index (χ0v) is 12.5. The van der Waals surface area contributed by atoms with Crippen molar-refractivity contribution < 1.29 is 18.0 Å². The van der Waals surface area contributed by atoms with Gasteiger partial charge in [0.1, 0.15) is 5.69 Å². The molecule has 1 fully saturated rings. The second kappa shape index (κ2) is 5.49. The molecule has 1 aliphatic heterocycles. The molecule has 2 heterocycles. The molecular formula is C15H14N2O4S. The number of sulfone groups is 1. The van der Waals surface area contributed by atoms with Crippen LogP contribution in [0.15, 0.2) is 30.3 Å². The average Bonchev–Trinajstić information content (AvgIpc) is 2.53. The number of pyridine rings is 1. The highest BCUT2D eigenvalue weighted by atomic mass is 32.2. The van der Waals surface area contributed by atoms with Crippen LogP contribution >= 0.6 is 0 Å². The summed E-state index contributed by atoms with van der Waals surface area (Å²) < 4.78 is 22.8. The van der Waals surface area contributed by atoms with Crippen molar-refractivity contribution in [3.63, 3.8) is 0 Å². The Hall–Kier alpha value is -2.28. The number of carbonyl (C=O) groups is 2. The standard InChI is InChI=1S/C15H14N2O4S/c18-10-13-3-1-11-9-12(2-4-14(11)16-13)15(19)17-5-7-22(20,21)8-6-17/h1-4,9-10H,5-8H2. The lowest BCUT2D eigenvalue weighted by molar-refractivity contribution is 0.0770. The molecule has 0 aliphatic carbocycles. The highest BCUT2D eigenvalue weighted by Gasteiger charge is 2.25. The first-order chi connectivity index (χ1) is 10.5. The molecule has 1 aromatic carbocycles. The van der Waals surface area contributed by atoms with Gasteiger partial charge in [0.2, 0.25) is 0 Å². The van der Waals surface area contributed by atoms with Gasteiger partial charge in [0, 0.05) is 24.0 Å². The van der Waals surface area contributed by atoms with E-state index in [4.69, 9.17) is 0 Å². The van der Waals surface area contributed by atoms with E-state index in [1.807, 2.05) is 0 Å². The molecule has 2 aromatic rings. The SMILES string of the molecule is O=Cc1ccc2cc(C(=O)N3CCS(=O)(=O)CC3)ccc2n1. The van der Waals surface area contributed by atoms with Crippen molar-refractivity contribution in [2.24, 2.45) is 0 Å². The molecule has 7 heteroatoms. The third-order valence-electron chi connectivity index (χ3n) is 3.71. The maximum Gasteiger partial charge on any atom is 0.253 e. The number of rotatable bonds is 2. The van der Waals surface area contributed by atoms with E-state index in [2.05, 4.69) is 4.98 Å². The lowest BCUT2D eigenvalue weighted by atomic mass is 10.1. The first kappa shape index (κ1) is 14.6. The summed E-state index contributed by atoms with van der Waals surface area (Å²) in [4.78, 5) is 28.8. The summed E-state index contributed by atoms with van der Waals surface area (Å²) in [6.07, 6.45) is 0.673. The monoisotopic (exact) mass is 318 g/mol. The second-order valence-electron chi connectivity index (χ2n) is 5.21. The summed E-state index contributed by atoms with van der Waals surface area (Å²) in [5.74, 6) is -0.163. The first-order valence-electron chi connectivity index (χ1n) is 6.84. The van der Waals surface area contributed by atoms with Crippen LogP contribution in [0.5, 0.6) is 0 Å². The van der Waals surface area contributed by atoms with Crippen LogP contribution in [-0.2, 0) is 9.84 Å². The van der Waals surface area contributed by atoms with Crippen molar-refractivity contribution in [1.82, 2.24) is 9.88 Å². The maximum atomic E-state index is 12.4. The molecule has 1 aromatic heterocycles. The van der Waals surface area contributed by atoms with Gasteiger partial charge in [0.15, 0.2) is 16.1 Å². The van der Waals surface area contributed by atoms with E-state index in [0.717, 1.165) is 5.39 Å². The summed E-state index contributed by atoms with van der Waals surface area (Å²) in [6.45, 7) is 0.447. The minimum Gasteiger partial charge on any atom is -0.337 e. The highest BCUT2D eigenvalue weighted by Crippen LogP contribution is 2.17. The fourth-order valence-corrected chi connectivity index (χ4v) is 3.64. The maximum absolute atomic E-state index is 12.4. The Bertz CT molecular complexity index is 847. The Balaban J connectivity index is 1.87. The van der Waals surface area contributed by atoms with E-state index < -0.39 is 9.84 Å². The van der Waals surface area contributed by atoms with Crippen molar-refractivity contribution in [2.45, 2.75) is 0 Å². The molecule has 0 spiro atoms. The third kappa shape index (κ3) is 2.85. The molecule has 0 saturated carbocycles. The molecule has 1 aliphatic rings. The van der Waals surface area contributed by atoms with Crippen LogP contribution in [0.1, 0.15) is 20.8 Å². The molecule has 0 radical (unpaired) electrons. The third-order valence-corrected chi connectivity index (χ3v) is 5.32. The highest BCUT2D eigenvalue weighted by molar-refractivity contribution is 7.91. The fourth-order valence-electron chi connectivity index (χ4n) is 2.44. The van der Waals surface area contributed by atoms with Crippen molar-refractivity contribution in [2.75, 3.05) is 24.6 Å². The number of benzene rings is 1. The minimum absolute atomic E-state index is 0.0105. The number of carbonyl (C=O) groups excluding carboxylic acids is 2. The van der Waals surface area contributed by atoms with Gasteiger partial charge in [-0.1, -0.05) is 6.07 Å². The van der Waals surface area contributed by atoms with Gasteiger partial charge in [-0.05, 0) is 24.3 Å². The zero-order valence-electron chi connectivity index (χ0n) is 11.7. The smallest absolute Gasteiger partial charge is 0.253 e. The van der Waals surface area contributed by atoms with Gasteiger partial charge < -0.3 is 4.90 Å². The minimum atomic E-state index is -3.01. The van der Waals surface area contributed by atoms with E-state index in [1.165, 1.54) is 0 Å². The first-order valence-corrected chi connectivity index (χ1v) is 8.66. The Kier molecular flexibility index (Phi) is 3.66. The van der Waals surface area contributed by atoms with Crippen LogP contribution in [0.4, 0.5) is 0 Å². The molecular weight excluding hydrogens is 304 g/mol. The summed E-state index contributed by atoms with van der Waals surface area (Å²) in [5.41, 5.74) is 1.47. The van der Waals surface area contributed by atoms with Crippen LogP contribution in [0, 0.1) is 0 Å². The number of aldehydes is 1. The van der Waals surface area contributed by atoms with Crippen LogP contribution in [-0.4, -0.2) is 55.1 Å². The Morgan fingerprint density at radius 2 is 1.86 bits per heavy atom. The molecule has 0 unspecified atom stereocenters. The van der Waals surface area contributed by atoms with Crippen molar-refractivity contribution >= 4 is 32.9 Å². The summed E-state index contributed by atoms with van der Waals surface area (Å²) in [5, 5.41) is 0.765. The fraction of sp³-hybridized carbons (Fsp3) is 0.267. The van der Waals surface area contributed by atoms with Gasteiger partial charge in [0.25, 0.3) is 5.91 Å². The normalized spacial score (nSPS) is 17.4. The van der Waals surface area contributed by atoms with Crippen molar-refractivity contribution in [1.29, 1.82) is 0 Å². The molecule has 0 bridgehead atoms. The molecule has 114 valence electrons. The van der Waals surface area contributed by atoms with Crippen LogP contribution < -0.4 is 0 Å². The summed E-state index contributed by atoms with van der Waals surface area (Å²) in [6, 6.07) is 8.38. The number of hydrogen-bond acceptors (Lipinski definition) is 5. The second-order valence-corrected chi connectivity index (χ2v) is 7.51. The molecule has 1 saturated heterocycles. The van der Waals surface area contributed by atoms with E-state index in [9.17, 15) is 18.0 Å². The number of hydrogen-bond donors (Lipinski definition) is 0. The van der Waals surface area contributed by atoms with E-state index in [-0.39, 0.29) is 30.5 Å². The number of aromatic nitrogens is 1. The Morgan fingerprint density at radius 3 is 2.55 bits per heavy atom. The van der Waals surface area contributed by atoms with Crippen LogP contribution in [0.3, 0.4) is 0 Å². The molecule has 22 heavy (non-hydrogen) atoms. The van der Waals surface area contributed by atoms with Gasteiger partial charge >= 0.3 is 0 Å². The van der Waals surface area contributed by atoms with Crippen LogP contribution in [0.25, 0.3) is 10.9 Å². The lowest BCUT2D eigenvalue weighted by Gasteiger charge is -2.26. The molecule has 1 amide bonds. The van der Waals surface area contributed by atoms with Gasteiger partial charge in [-0.25, -0.2) is 13.4 Å². The molecule has 0 N–H and O–H groups in total. The van der Waals surface area contributed by atoms with Gasteiger partial charge in [-0.3, -0.25) is 9.59 Å². The predicted molar refractivity (Wildman–Crippen MR) is 81.7 cm³/mol. The van der Waals surface area contributed by atoms with E-state index in [1.54, 1.807) is 35.2 Å².